The van der Waals surface area contributed by atoms with Crippen LogP contribution in [0.5, 0.6) is 0 Å². The Morgan fingerprint density at radius 3 is 1.32 bits per heavy atom. The number of hydrogen-bond donors (Lipinski definition) is 0. The number of benzene rings is 10. The van der Waals surface area contributed by atoms with E-state index in [1.807, 2.05) is 48.8 Å². The number of hydrogen-bond acceptors (Lipinski definition) is 5. The lowest BCUT2D eigenvalue weighted by Gasteiger charge is -2.42. The smallest absolute Gasteiger partial charge is 0.164 e. The van der Waals surface area contributed by atoms with Crippen LogP contribution in [0.25, 0.3) is 78.9 Å². The van der Waals surface area contributed by atoms with E-state index >= 15 is 0 Å². The molecular formula is C70H45N5. The molecule has 75 heavy (non-hydrogen) atoms. The highest BCUT2D eigenvalue weighted by Gasteiger charge is 2.47. The summed E-state index contributed by atoms with van der Waals surface area (Å²) >= 11 is 0. The first kappa shape index (κ1) is 42.9. The van der Waals surface area contributed by atoms with Gasteiger partial charge < -0.3 is 0 Å². The van der Waals surface area contributed by atoms with E-state index in [4.69, 9.17) is 24.9 Å². The summed E-state index contributed by atoms with van der Waals surface area (Å²) in [6, 6.07) is 89.5. The van der Waals surface area contributed by atoms with Crippen LogP contribution in [-0.2, 0) is 5.41 Å². The minimum absolute atomic E-state index is 0.119. The minimum atomic E-state index is -0.544. The summed E-state index contributed by atoms with van der Waals surface area (Å²) in [7, 11) is 0. The molecule has 0 saturated carbocycles. The fraction of sp³-hybridized carbons (Fsp3) is 0.0429. The zero-order valence-electron chi connectivity index (χ0n) is 40.7. The second-order valence-corrected chi connectivity index (χ2v) is 19.8. The lowest BCUT2D eigenvalue weighted by atomic mass is 9.60. The van der Waals surface area contributed by atoms with Crippen LogP contribution in [0.4, 0.5) is 0 Å². The fourth-order valence-corrected chi connectivity index (χ4v) is 12.6. The third kappa shape index (κ3) is 6.75. The largest absolute Gasteiger partial charge is 0.252 e. The molecule has 5 nitrogen and oxygen atoms in total. The van der Waals surface area contributed by atoms with Gasteiger partial charge in [0.25, 0.3) is 0 Å². The first-order chi connectivity index (χ1) is 37.2. The molecule has 0 N–H and O–H groups in total. The Bertz CT molecular complexity index is 4120. The van der Waals surface area contributed by atoms with Gasteiger partial charge in [-0.3, -0.25) is 9.97 Å². The number of aromatic nitrogens is 5. The molecule has 350 valence electrons. The van der Waals surface area contributed by atoms with E-state index in [9.17, 15) is 0 Å². The Hall–Kier alpha value is -9.71. The van der Waals surface area contributed by atoms with Crippen molar-refractivity contribution in [2.45, 2.75) is 17.3 Å². The van der Waals surface area contributed by atoms with Gasteiger partial charge in [0.2, 0.25) is 0 Å². The maximum absolute atomic E-state index is 5.38. The zero-order chi connectivity index (χ0) is 49.5. The van der Waals surface area contributed by atoms with Gasteiger partial charge in [-0.25, -0.2) is 15.0 Å². The van der Waals surface area contributed by atoms with E-state index in [-0.39, 0.29) is 11.8 Å². The SMILES string of the molecule is c1ccc(-c2cnc(-c3ccc4c(c3)C3c5ccccc5C4c4cc(-c5ccc(-c6nc(-c7ccccc7)nc(-c7cccc8c7-c7ccccc7C8(c7ccccc7)c7ccccc7)n6)cc5)ccc43)cn2)cc1. The Morgan fingerprint density at radius 1 is 0.280 bits per heavy atom. The van der Waals surface area contributed by atoms with Crippen molar-refractivity contribution in [3.05, 3.63) is 317 Å². The van der Waals surface area contributed by atoms with E-state index < -0.39 is 5.41 Å². The molecule has 4 aliphatic rings. The summed E-state index contributed by atoms with van der Waals surface area (Å²) < 4.78 is 0. The lowest BCUT2D eigenvalue weighted by Crippen LogP contribution is -2.28. The van der Waals surface area contributed by atoms with Gasteiger partial charge in [0.1, 0.15) is 0 Å². The Balaban J connectivity index is 0.808. The van der Waals surface area contributed by atoms with Gasteiger partial charge in [-0.05, 0) is 90.0 Å². The Labute approximate surface area is 435 Å². The predicted octanol–water partition coefficient (Wildman–Crippen LogP) is 16.0. The minimum Gasteiger partial charge on any atom is -0.252 e. The first-order valence-corrected chi connectivity index (χ1v) is 25.7. The molecule has 2 aromatic heterocycles. The van der Waals surface area contributed by atoms with Crippen LogP contribution in [0.1, 0.15) is 67.5 Å². The third-order valence-corrected chi connectivity index (χ3v) is 15.9. The average Bonchev–Trinajstić information content (AvgIpc) is 3.81. The standard InChI is InChI=1S/C70H45N5/c1-5-18-45(19-6-1)62-42-72-63(43-71-62)49-37-39-55-59(41-49)65-53-27-14-13-26-52(53)64(55)58-40-48(36-38-54(58)65)44-32-34-47(35-33-44)68-73-67(46-20-7-2-8-21-46)74-69(75-68)57-29-17-31-61-66(57)56-28-15-16-30-60(56)70(61,50-22-9-3-10-23-50)51-24-11-4-12-25-51/h1-43,64-65H. The molecule has 0 saturated heterocycles. The number of nitrogens with zero attached hydrogens (tertiary/aromatic N) is 5. The van der Waals surface area contributed by atoms with Gasteiger partial charge >= 0.3 is 0 Å². The highest BCUT2D eigenvalue weighted by Crippen LogP contribution is 2.59. The van der Waals surface area contributed by atoms with Crippen LogP contribution < -0.4 is 0 Å². The molecule has 0 fully saturated rings. The van der Waals surface area contributed by atoms with Crippen molar-refractivity contribution in [1.82, 2.24) is 24.9 Å². The maximum Gasteiger partial charge on any atom is 0.164 e. The van der Waals surface area contributed by atoms with Crippen molar-refractivity contribution in [3.63, 3.8) is 0 Å². The molecule has 4 aliphatic carbocycles. The number of fused-ring (bicyclic) bond motifs is 3. The van der Waals surface area contributed by atoms with Gasteiger partial charge in [-0.1, -0.05) is 237 Å². The van der Waals surface area contributed by atoms with Gasteiger partial charge in [0.15, 0.2) is 17.5 Å². The molecule has 2 heterocycles. The number of rotatable bonds is 8. The van der Waals surface area contributed by atoms with Crippen molar-refractivity contribution in [1.29, 1.82) is 0 Å². The van der Waals surface area contributed by atoms with E-state index in [1.54, 1.807) is 0 Å². The summed E-state index contributed by atoms with van der Waals surface area (Å²) in [4.78, 5) is 25.6. The quantitative estimate of drug-likeness (QED) is 0.152. The van der Waals surface area contributed by atoms with Crippen LogP contribution in [0.2, 0.25) is 0 Å². The highest BCUT2D eigenvalue weighted by molar-refractivity contribution is 5.94. The fourth-order valence-electron chi connectivity index (χ4n) is 12.6. The molecule has 2 unspecified atom stereocenters. The van der Waals surface area contributed by atoms with Crippen LogP contribution in [0.15, 0.2) is 261 Å². The third-order valence-electron chi connectivity index (χ3n) is 15.9. The van der Waals surface area contributed by atoms with Crippen molar-refractivity contribution < 1.29 is 0 Å². The molecule has 0 radical (unpaired) electrons. The summed E-state index contributed by atoms with van der Waals surface area (Å²) in [5.41, 5.74) is 23.9. The molecule has 10 aromatic carbocycles. The van der Waals surface area contributed by atoms with Crippen molar-refractivity contribution in [3.8, 4) is 78.9 Å². The summed E-state index contributed by atoms with van der Waals surface area (Å²) in [5, 5.41) is 0. The molecule has 2 bridgehead atoms. The van der Waals surface area contributed by atoms with Crippen LogP contribution >= 0.6 is 0 Å². The predicted molar refractivity (Wildman–Crippen MR) is 300 cm³/mol. The van der Waals surface area contributed by atoms with Crippen molar-refractivity contribution >= 4 is 0 Å². The molecule has 16 rings (SSSR count). The van der Waals surface area contributed by atoms with Crippen LogP contribution in [0, 0.1) is 0 Å². The monoisotopic (exact) mass is 955 g/mol. The normalized spacial score (nSPS) is 15.0. The highest BCUT2D eigenvalue weighted by atomic mass is 15.0. The van der Waals surface area contributed by atoms with Crippen molar-refractivity contribution in [2.24, 2.45) is 0 Å². The lowest BCUT2D eigenvalue weighted by molar-refractivity contribution is 0.755. The van der Waals surface area contributed by atoms with Gasteiger partial charge in [-0.15, -0.1) is 0 Å². The van der Waals surface area contributed by atoms with Gasteiger partial charge in [0.05, 0.1) is 29.2 Å². The first-order valence-electron chi connectivity index (χ1n) is 25.7. The topological polar surface area (TPSA) is 64.5 Å². The van der Waals surface area contributed by atoms with E-state index in [2.05, 4.69) is 212 Å². The summed E-state index contributed by atoms with van der Waals surface area (Å²) in [6.45, 7) is 0. The summed E-state index contributed by atoms with van der Waals surface area (Å²) in [6.07, 6.45) is 3.79. The second kappa shape index (κ2) is 17.2. The van der Waals surface area contributed by atoms with Gasteiger partial charge in [-0.2, -0.15) is 0 Å². The van der Waals surface area contributed by atoms with Crippen molar-refractivity contribution in [2.75, 3.05) is 0 Å². The van der Waals surface area contributed by atoms with Crippen LogP contribution in [-0.4, -0.2) is 24.9 Å². The molecule has 5 heteroatoms. The van der Waals surface area contributed by atoms with E-state index in [0.29, 0.717) is 17.5 Å². The molecule has 2 atom stereocenters. The molecule has 0 spiro atoms. The Kier molecular flexibility index (Phi) is 9.86. The maximum atomic E-state index is 5.38. The molecular weight excluding hydrogens is 911 g/mol. The van der Waals surface area contributed by atoms with Crippen LogP contribution in [0.3, 0.4) is 0 Å². The summed E-state index contributed by atoms with van der Waals surface area (Å²) in [5.74, 6) is 2.13. The molecule has 12 aromatic rings. The zero-order valence-corrected chi connectivity index (χ0v) is 40.7. The second-order valence-electron chi connectivity index (χ2n) is 19.8. The molecule has 0 aliphatic heterocycles. The van der Waals surface area contributed by atoms with E-state index in [0.717, 1.165) is 50.3 Å². The van der Waals surface area contributed by atoms with E-state index in [1.165, 1.54) is 66.8 Å². The average molecular weight is 956 g/mol. The molecule has 0 amide bonds. The Morgan fingerprint density at radius 2 is 0.707 bits per heavy atom. The van der Waals surface area contributed by atoms with Gasteiger partial charge in [0, 0.05) is 39.7 Å².